The molecule has 0 aromatic carbocycles. The van der Waals surface area contributed by atoms with Gasteiger partial charge < -0.3 is 4.74 Å². The molecule has 0 spiro atoms. The van der Waals surface area contributed by atoms with Crippen LogP contribution in [0.4, 0.5) is 0 Å². The zero-order chi connectivity index (χ0) is 12.1. The molecule has 0 saturated carbocycles. The van der Waals surface area contributed by atoms with E-state index in [2.05, 4.69) is 15.3 Å². The molecule has 1 aromatic rings. The molecule has 92 valence electrons. The molecule has 6 nitrogen and oxygen atoms in total. The average Bonchev–Trinajstić information content (AvgIpc) is 2.41. The summed E-state index contributed by atoms with van der Waals surface area (Å²) >= 11 is 0. The third-order valence-electron chi connectivity index (χ3n) is 2.82. The summed E-state index contributed by atoms with van der Waals surface area (Å²) in [6.07, 6.45) is 3.35. The molecule has 6 heteroatoms. The molecule has 0 unspecified atom stereocenters. The minimum atomic E-state index is -0.369. The van der Waals surface area contributed by atoms with E-state index in [0.717, 1.165) is 18.7 Å². The van der Waals surface area contributed by atoms with E-state index in [1.165, 1.54) is 0 Å². The number of nitrogens with one attached hydrogen (secondary N) is 1. The van der Waals surface area contributed by atoms with Gasteiger partial charge in [0.1, 0.15) is 6.04 Å². The van der Waals surface area contributed by atoms with Gasteiger partial charge in [0, 0.05) is 25.5 Å². The molecule has 1 aromatic heterocycles. The summed E-state index contributed by atoms with van der Waals surface area (Å²) in [5, 5.41) is 0. The lowest BCUT2D eigenvalue weighted by molar-refractivity contribution is -0.128. The van der Waals surface area contributed by atoms with Gasteiger partial charge in [-0.2, -0.15) is 0 Å². The largest absolute Gasteiger partial charge is 0.379 e. The number of nitrogens with two attached hydrogens (primary N) is 1. The summed E-state index contributed by atoms with van der Waals surface area (Å²) < 4.78 is 5.28. The van der Waals surface area contributed by atoms with E-state index in [0.29, 0.717) is 13.2 Å². The number of ether oxygens (including phenoxy) is 1. The van der Waals surface area contributed by atoms with Crippen molar-refractivity contribution in [3.05, 3.63) is 30.1 Å². The van der Waals surface area contributed by atoms with Crippen LogP contribution in [0.3, 0.4) is 0 Å². The van der Waals surface area contributed by atoms with E-state index in [-0.39, 0.29) is 11.9 Å². The third-order valence-corrected chi connectivity index (χ3v) is 2.82. The molecular weight excluding hydrogens is 220 g/mol. The van der Waals surface area contributed by atoms with Crippen molar-refractivity contribution in [2.45, 2.75) is 6.04 Å². The predicted octanol–water partition coefficient (Wildman–Crippen LogP) is -0.555. The highest BCUT2D eigenvalue weighted by atomic mass is 16.5. The Bertz CT molecular complexity index is 365. The number of hydrazine groups is 1. The van der Waals surface area contributed by atoms with Crippen molar-refractivity contribution < 1.29 is 9.53 Å². The van der Waals surface area contributed by atoms with Gasteiger partial charge in [0.15, 0.2) is 0 Å². The minimum Gasteiger partial charge on any atom is -0.379 e. The Kier molecular flexibility index (Phi) is 4.03. The molecule has 1 aliphatic heterocycles. The number of carbonyl (C=O) groups is 1. The van der Waals surface area contributed by atoms with Crippen molar-refractivity contribution in [1.29, 1.82) is 0 Å². The first-order valence-corrected chi connectivity index (χ1v) is 5.55. The summed E-state index contributed by atoms with van der Waals surface area (Å²) in [4.78, 5) is 17.9. The van der Waals surface area contributed by atoms with Gasteiger partial charge in [0.2, 0.25) is 0 Å². The van der Waals surface area contributed by atoms with Crippen LogP contribution in [-0.4, -0.2) is 42.1 Å². The molecule has 0 bridgehead atoms. The topological polar surface area (TPSA) is 80.5 Å². The van der Waals surface area contributed by atoms with Crippen LogP contribution in [0.25, 0.3) is 0 Å². The van der Waals surface area contributed by atoms with Gasteiger partial charge in [-0.15, -0.1) is 0 Å². The number of aromatic nitrogens is 1. The SMILES string of the molecule is NNC(=O)[C@@H](c1ccncc1)N1CCOCC1. The fourth-order valence-electron chi connectivity index (χ4n) is 1.99. The normalized spacial score (nSPS) is 18.6. The van der Waals surface area contributed by atoms with E-state index < -0.39 is 0 Å². The highest BCUT2D eigenvalue weighted by Crippen LogP contribution is 2.21. The van der Waals surface area contributed by atoms with E-state index in [1.54, 1.807) is 12.4 Å². The second-order valence-corrected chi connectivity index (χ2v) is 3.84. The van der Waals surface area contributed by atoms with Crippen LogP contribution in [0.15, 0.2) is 24.5 Å². The molecule has 3 N–H and O–H groups in total. The monoisotopic (exact) mass is 236 g/mol. The number of carbonyl (C=O) groups excluding carboxylic acids is 1. The molecule has 1 amide bonds. The van der Waals surface area contributed by atoms with Crippen molar-refractivity contribution >= 4 is 5.91 Å². The van der Waals surface area contributed by atoms with E-state index >= 15 is 0 Å². The Hall–Kier alpha value is -1.50. The minimum absolute atomic E-state index is 0.210. The molecule has 1 fully saturated rings. The first-order valence-electron chi connectivity index (χ1n) is 5.55. The molecule has 17 heavy (non-hydrogen) atoms. The van der Waals surface area contributed by atoms with Crippen molar-refractivity contribution in [1.82, 2.24) is 15.3 Å². The average molecular weight is 236 g/mol. The fourth-order valence-corrected chi connectivity index (χ4v) is 1.99. The van der Waals surface area contributed by atoms with Crippen LogP contribution in [-0.2, 0) is 9.53 Å². The van der Waals surface area contributed by atoms with Crippen molar-refractivity contribution in [2.75, 3.05) is 26.3 Å². The smallest absolute Gasteiger partial charge is 0.255 e. The number of rotatable bonds is 3. The number of hydrogen-bond acceptors (Lipinski definition) is 5. The Morgan fingerprint density at radius 1 is 1.41 bits per heavy atom. The summed E-state index contributed by atoms with van der Waals surface area (Å²) in [5.41, 5.74) is 3.11. The van der Waals surface area contributed by atoms with Crippen LogP contribution in [0.2, 0.25) is 0 Å². The number of amides is 1. The molecule has 2 heterocycles. The molecule has 2 rings (SSSR count). The molecule has 0 aliphatic carbocycles. The molecule has 1 saturated heterocycles. The van der Waals surface area contributed by atoms with Crippen LogP contribution in [0.1, 0.15) is 11.6 Å². The molecular formula is C11H16N4O2. The first kappa shape index (κ1) is 12.0. The van der Waals surface area contributed by atoms with Gasteiger partial charge in [0.25, 0.3) is 5.91 Å². The standard InChI is InChI=1S/C11H16N4O2/c12-14-11(16)10(9-1-3-13-4-2-9)15-5-7-17-8-6-15/h1-4,10H,5-8,12H2,(H,14,16)/t10-/m1/s1. The molecule has 1 aliphatic rings. The fraction of sp³-hybridized carbons (Fsp3) is 0.455. The number of nitrogens with zero attached hydrogens (tertiary/aromatic N) is 2. The molecule has 1 atom stereocenters. The lowest BCUT2D eigenvalue weighted by Gasteiger charge is -2.33. The van der Waals surface area contributed by atoms with Crippen molar-refractivity contribution in [2.24, 2.45) is 5.84 Å². The van der Waals surface area contributed by atoms with Crippen LogP contribution in [0.5, 0.6) is 0 Å². The second-order valence-electron chi connectivity index (χ2n) is 3.84. The van der Waals surface area contributed by atoms with E-state index in [9.17, 15) is 4.79 Å². The highest BCUT2D eigenvalue weighted by molar-refractivity contribution is 5.82. The van der Waals surface area contributed by atoms with E-state index in [1.807, 2.05) is 12.1 Å². The second kappa shape index (κ2) is 5.72. The van der Waals surface area contributed by atoms with Gasteiger partial charge in [-0.3, -0.25) is 20.1 Å². The van der Waals surface area contributed by atoms with Gasteiger partial charge in [0.05, 0.1) is 13.2 Å². The lowest BCUT2D eigenvalue weighted by Crippen LogP contribution is -2.47. The van der Waals surface area contributed by atoms with Gasteiger partial charge >= 0.3 is 0 Å². The molecule has 0 radical (unpaired) electrons. The Morgan fingerprint density at radius 3 is 2.65 bits per heavy atom. The summed E-state index contributed by atoms with van der Waals surface area (Å²) in [6.45, 7) is 2.72. The van der Waals surface area contributed by atoms with Gasteiger partial charge in [-0.05, 0) is 17.7 Å². The van der Waals surface area contributed by atoms with Gasteiger partial charge in [-0.25, -0.2) is 5.84 Å². The maximum atomic E-state index is 11.9. The van der Waals surface area contributed by atoms with Crippen LogP contribution < -0.4 is 11.3 Å². The summed E-state index contributed by atoms with van der Waals surface area (Å²) in [7, 11) is 0. The van der Waals surface area contributed by atoms with Gasteiger partial charge in [-0.1, -0.05) is 0 Å². The van der Waals surface area contributed by atoms with Crippen molar-refractivity contribution in [3.8, 4) is 0 Å². The summed E-state index contributed by atoms with van der Waals surface area (Å²) in [5.74, 6) is 5.03. The van der Waals surface area contributed by atoms with E-state index in [4.69, 9.17) is 10.6 Å². The zero-order valence-corrected chi connectivity index (χ0v) is 9.50. The quantitative estimate of drug-likeness (QED) is 0.418. The lowest BCUT2D eigenvalue weighted by atomic mass is 10.1. The zero-order valence-electron chi connectivity index (χ0n) is 9.50. The third kappa shape index (κ3) is 2.79. The number of morpholine rings is 1. The Balaban J connectivity index is 2.21. The summed E-state index contributed by atoms with van der Waals surface area (Å²) in [6, 6.07) is 3.29. The Morgan fingerprint density at radius 2 is 2.06 bits per heavy atom. The maximum Gasteiger partial charge on any atom is 0.255 e. The van der Waals surface area contributed by atoms with Crippen LogP contribution >= 0.6 is 0 Å². The maximum absolute atomic E-state index is 11.9. The predicted molar refractivity (Wildman–Crippen MR) is 61.7 cm³/mol. The van der Waals surface area contributed by atoms with Crippen LogP contribution in [0, 0.1) is 0 Å². The Labute approximate surface area is 99.7 Å². The number of pyridine rings is 1. The number of hydrogen-bond donors (Lipinski definition) is 2. The van der Waals surface area contributed by atoms with Crippen molar-refractivity contribution in [3.63, 3.8) is 0 Å². The first-order chi connectivity index (χ1) is 8.33. The highest BCUT2D eigenvalue weighted by Gasteiger charge is 2.28.